The number of nitrogen functional groups attached to an aromatic ring is 1. The Balaban J connectivity index is 1.28. The Morgan fingerprint density at radius 1 is 1.19 bits per heavy atom. The topological polar surface area (TPSA) is 109 Å². The van der Waals surface area contributed by atoms with E-state index in [1.807, 2.05) is 37.0 Å². The minimum absolute atomic E-state index is 0.0344. The molecule has 37 heavy (non-hydrogen) atoms. The summed E-state index contributed by atoms with van der Waals surface area (Å²) in [4.78, 5) is 20.7. The summed E-state index contributed by atoms with van der Waals surface area (Å²) in [6.07, 6.45) is 11.3. The highest BCUT2D eigenvalue weighted by Gasteiger charge is 2.28. The fourth-order valence-corrected chi connectivity index (χ4v) is 6.36. The number of esters is 1. The number of anilines is 1. The molecule has 190 valence electrons. The van der Waals surface area contributed by atoms with Crippen LogP contribution in [0.5, 0.6) is 0 Å². The lowest BCUT2D eigenvalue weighted by Gasteiger charge is -2.27. The molecule has 0 spiro atoms. The van der Waals surface area contributed by atoms with Crippen molar-refractivity contribution in [2.45, 2.75) is 46.1 Å². The Kier molecular flexibility index (Phi) is 6.16. The summed E-state index contributed by atoms with van der Waals surface area (Å²) in [5.74, 6) is 1.60. The molecule has 0 radical (unpaired) electrons. The largest absolute Gasteiger partial charge is 0.466 e. The monoisotopic (exact) mass is 515 g/mol. The SMILES string of the molecule is CCOC(=O)C1CCC(Cn2cc(-c3cnc(N)c4oc(-c5csc6cnccc56)cc34)c(C)n2)CC1. The maximum Gasteiger partial charge on any atom is 0.308 e. The van der Waals surface area contributed by atoms with Gasteiger partial charge < -0.3 is 14.9 Å². The number of pyridine rings is 2. The molecule has 8 nitrogen and oxygen atoms in total. The van der Waals surface area contributed by atoms with E-state index in [1.165, 1.54) is 0 Å². The van der Waals surface area contributed by atoms with Crippen LogP contribution in [-0.2, 0) is 16.1 Å². The number of thiophene rings is 1. The van der Waals surface area contributed by atoms with Crippen molar-refractivity contribution in [2.24, 2.45) is 11.8 Å². The van der Waals surface area contributed by atoms with Crippen LogP contribution >= 0.6 is 11.3 Å². The van der Waals surface area contributed by atoms with Gasteiger partial charge in [-0.3, -0.25) is 14.5 Å². The molecule has 5 aromatic rings. The molecule has 6 rings (SSSR count). The second kappa shape index (κ2) is 9.63. The van der Waals surface area contributed by atoms with Gasteiger partial charge in [-0.1, -0.05) is 0 Å². The van der Waals surface area contributed by atoms with Gasteiger partial charge in [0.15, 0.2) is 11.4 Å². The summed E-state index contributed by atoms with van der Waals surface area (Å²) >= 11 is 1.64. The molecule has 5 heterocycles. The third-order valence-corrected chi connectivity index (χ3v) is 8.31. The predicted molar refractivity (Wildman–Crippen MR) is 145 cm³/mol. The molecule has 0 aliphatic heterocycles. The number of hydrogen-bond acceptors (Lipinski definition) is 8. The van der Waals surface area contributed by atoms with Crippen LogP contribution in [0.2, 0.25) is 0 Å². The molecule has 0 atom stereocenters. The zero-order valence-corrected chi connectivity index (χ0v) is 21.8. The number of fused-ring (bicyclic) bond motifs is 2. The minimum Gasteiger partial charge on any atom is -0.466 e. The second-order valence-electron chi connectivity index (χ2n) is 9.75. The zero-order valence-electron chi connectivity index (χ0n) is 20.9. The molecule has 2 N–H and O–H groups in total. The summed E-state index contributed by atoms with van der Waals surface area (Å²) in [6.45, 7) is 5.15. The van der Waals surface area contributed by atoms with Gasteiger partial charge in [0.05, 0.1) is 22.9 Å². The first-order valence-electron chi connectivity index (χ1n) is 12.7. The zero-order chi connectivity index (χ0) is 25.5. The van der Waals surface area contributed by atoms with Crippen molar-refractivity contribution >= 4 is 44.2 Å². The third kappa shape index (κ3) is 4.37. The molecular weight excluding hydrogens is 486 g/mol. The smallest absolute Gasteiger partial charge is 0.308 e. The van der Waals surface area contributed by atoms with E-state index < -0.39 is 0 Å². The van der Waals surface area contributed by atoms with Crippen LogP contribution < -0.4 is 5.73 Å². The number of nitrogens with zero attached hydrogens (tertiary/aromatic N) is 4. The molecule has 5 aromatic heterocycles. The van der Waals surface area contributed by atoms with Gasteiger partial charge in [0, 0.05) is 64.2 Å². The molecule has 9 heteroatoms. The van der Waals surface area contributed by atoms with E-state index in [2.05, 4.69) is 27.6 Å². The summed E-state index contributed by atoms with van der Waals surface area (Å²) in [5.41, 5.74) is 10.8. The van der Waals surface area contributed by atoms with E-state index in [0.29, 0.717) is 23.9 Å². The molecule has 1 saturated carbocycles. The lowest BCUT2D eigenvalue weighted by Crippen LogP contribution is -2.25. The van der Waals surface area contributed by atoms with Crippen LogP contribution in [0.15, 0.2) is 46.7 Å². The standard InChI is InChI=1S/C28H29N5O3S/c1-3-35-28(34)18-6-4-17(5-7-18)13-33-14-22(16(2)32-33)21-11-31-27(29)26-20(21)10-24(36-26)23-15-37-25-12-30-9-8-19(23)25/h8-12,14-15,17-18H,3-7,13H2,1-2H3,(H2,29,31). The van der Waals surface area contributed by atoms with Gasteiger partial charge in [0.2, 0.25) is 0 Å². The van der Waals surface area contributed by atoms with Crippen molar-refractivity contribution in [2.75, 3.05) is 12.3 Å². The van der Waals surface area contributed by atoms with Crippen molar-refractivity contribution in [3.63, 3.8) is 0 Å². The van der Waals surface area contributed by atoms with Gasteiger partial charge >= 0.3 is 5.97 Å². The first kappa shape index (κ1) is 23.7. The van der Waals surface area contributed by atoms with Crippen LogP contribution in [0.4, 0.5) is 5.82 Å². The van der Waals surface area contributed by atoms with Gasteiger partial charge in [0.25, 0.3) is 0 Å². The van der Waals surface area contributed by atoms with Crippen molar-refractivity contribution in [1.29, 1.82) is 0 Å². The van der Waals surface area contributed by atoms with E-state index in [9.17, 15) is 4.79 Å². The van der Waals surface area contributed by atoms with Crippen molar-refractivity contribution in [1.82, 2.24) is 19.7 Å². The normalized spacial score (nSPS) is 18.0. The number of nitrogens with two attached hydrogens (primary N) is 1. The first-order valence-corrected chi connectivity index (χ1v) is 13.6. The van der Waals surface area contributed by atoms with Crippen LogP contribution in [0.1, 0.15) is 38.3 Å². The van der Waals surface area contributed by atoms with Gasteiger partial charge in [-0.2, -0.15) is 5.10 Å². The highest BCUT2D eigenvalue weighted by atomic mass is 32.1. The molecule has 0 bridgehead atoms. The Hall–Kier alpha value is -3.72. The van der Waals surface area contributed by atoms with E-state index in [4.69, 9.17) is 20.0 Å². The predicted octanol–water partition coefficient (Wildman–Crippen LogP) is 6.23. The van der Waals surface area contributed by atoms with Crippen LogP contribution in [0.25, 0.3) is 43.5 Å². The number of carbonyl (C=O) groups excluding carboxylic acids is 1. The lowest BCUT2D eigenvalue weighted by atomic mass is 9.82. The fraction of sp³-hybridized carbons (Fsp3) is 0.357. The van der Waals surface area contributed by atoms with Crippen LogP contribution in [-0.4, -0.2) is 32.3 Å². The van der Waals surface area contributed by atoms with Crippen molar-refractivity contribution in [3.05, 3.63) is 48.0 Å². The lowest BCUT2D eigenvalue weighted by molar-refractivity contribution is -0.149. The van der Waals surface area contributed by atoms with Crippen LogP contribution in [0, 0.1) is 18.8 Å². The fourth-order valence-electron chi connectivity index (χ4n) is 5.45. The van der Waals surface area contributed by atoms with Crippen LogP contribution in [0.3, 0.4) is 0 Å². The molecule has 1 aliphatic rings. The average Bonchev–Trinajstić information content (AvgIpc) is 3.62. The van der Waals surface area contributed by atoms with E-state index in [1.54, 1.807) is 17.5 Å². The molecule has 0 saturated heterocycles. The number of aryl methyl sites for hydroxylation is 1. The number of carbonyl (C=O) groups is 1. The minimum atomic E-state index is -0.0513. The molecule has 1 fully saturated rings. The maximum absolute atomic E-state index is 12.1. The highest BCUT2D eigenvalue weighted by molar-refractivity contribution is 7.17. The molecule has 0 unspecified atom stereocenters. The van der Waals surface area contributed by atoms with E-state index in [-0.39, 0.29) is 11.9 Å². The summed E-state index contributed by atoms with van der Waals surface area (Å²) in [6, 6.07) is 4.06. The second-order valence-corrected chi connectivity index (χ2v) is 10.7. The van der Waals surface area contributed by atoms with Crippen molar-refractivity contribution < 1.29 is 13.9 Å². The summed E-state index contributed by atoms with van der Waals surface area (Å²) in [5, 5.41) is 8.94. The van der Waals surface area contributed by atoms with Gasteiger partial charge in [-0.15, -0.1) is 11.3 Å². The number of ether oxygens (including phenoxy) is 1. The Bertz CT molecular complexity index is 1590. The van der Waals surface area contributed by atoms with Crippen molar-refractivity contribution in [3.8, 4) is 22.5 Å². The number of aromatic nitrogens is 4. The van der Waals surface area contributed by atoms with Gasteiger partial charge in [-0.05, 0) is 57.6 Å². The molecule has 1 aliphatic carbocycles. The Morgan fingerprint density at radius 3 is 2.84 bits per heavy atom. The molecule has 0 amide bonds. The average molecular weight is 516 g/mol. The Morgan fingerprint density at radius 2 is 2.03 bits per heavy atom. The van der Waals surface area contributed by atoms with Gasteiger partial charge in [-0.25, -0.2) is 4.98 Å². The third-order valence-electron chi connectivity index (χ3n) is 7.38. The quantitative estimate of drug-likeness (QED) is 0.267. The summed E-state index contributed by atoms with van der Waals surface area (Å²) < 4.78 is 14.6. The maximum atomic E-state index is 12.1. The molecule has 0 aromatic carbocycles. The summed E-state index contributed by atoms with van der Waals surface area (Å²) in [7, 11) is 0. The number of furan rings is 1. The Labute approximate surface area is 218 Å². The van der Waals surface area contributed by atoms with E-state index >= 15 is 0 Å². The molecular formula is C28H29N5O3S. The highest BCUT2D eigenvalue weighted by Crippen LogP contribution is 2.41. The van der Waals surface area contributed by atoms with E-state index in [0.717, 1.165) is 75.8 Å². The first-order chi connectivity index (χ1) is 18.0. The van der Waals surface area contributed by atoms with Gasteiger partial charge in [0.1, 0.15) is 5.76 Å². The number of hydrogen-bond donors (Lipinski definition) is 1. The number of rotatable bonds is 6.